The fraction of sp³-hybridized carbons (Fsp3) is 0.432. The summed E-state index contributed by atoms with van der Waals surface area (Å²) < 4.78 is 3.89. The number of aliphatic hydroxyl groups is 2. The van der Waals surface area contributed by atoms with E-state index >= 15 is 0 Å². The molecule has 2 aliphatic rings. The molecule has 12 nitrogen and oxygen atoms in total. The van der Waals surface area contributed by atoms with Crippen molar-refractivity contribution >= 4 is 28.8 Å². The second-order valence-electron chi connectivity index (χ2n) is 13.6. The van der Waals surface area contributed by atoms with Gasteiger partial charge in [0.1, 0.15) is 12.2 Å². The molecule has 0 spiro atoms. The molecule has 3 heterocycles. The first kappa shape index (κ1) is 32.7. The highest BCUT2D eigenvalue weighted by Gasteiger charge is 2.44. The Morgan fingerprint density at radius 3 is 2.27 bits per heavy atom. The summed E-state index contributed by atoms with van der Waals surface area (Å²) >= 11 is 0. The number of imidazole rings is 2. The minimum Gasteiger partial charge on any atom is -0.388 e. The monoisotopic (exact) mass is 663 g/mol. The highest BCUT2D eigenvalue weighted by atomic mass is 16.3. The zero-order chi connectivity index (χ0) is 33.9. The van der Waals surface area contributed by atoms with E-state index in [1.807, 2.05) is 47.3 Å². The van der Waals surface area contributed by atoms with Crippen molar-refractivity contribution in [3.05, 3.63) is 96.3 Å². The molecule has 0 bridgehead atoms. The molecule has 7 rings (SSSR count). The maximum Gasteiger partial charge on any atom is 0.226 e. The average molecular weight is 664 g/mol. The Kier molecular flexibility index (Phi) is 9.58. The van der Waals surface area contributed by atoms with Crippen LogP contribution < -0.4 is 16.0 Å². The number of carbonyl (C=O) groups is 1. The number of hydrogen-bond acceptors (Lipinski definition) is 9. The maximum absolute atomic E-state index is 12.7. The van der Waals surface area contributed by atoms with Gasteiger partial charge in [-0.1, -0.05) is 67.1 Å². The van der Waals surface area contributed by atoms with Gasteiger partial charge in [0.05, 0.1) is 30.4 Å². The lowest BCUT2D eigenvalue weighted by Crippen LogP contribution is -2.46. The third kappa shape index (κ3) is 7.02. The maximum atomic E-state index is 12.7. The van der Waals surface area contributed by atoms with Gasteiger partial charge in [0.15, 0.2) is 17.0 Å². The van der Waals surface area contributed by atoms with Crippen molar-refractivity contribution in [1.29, 1.82) is 0 Å². The van der Waals surface area contributed by atoms with E-state index in [0.29, 0.717) is 54.9 Å². The Morgan fingerprint density at radius 1 is 0.918 bits per heavy atom. The molecule has 0 radical (unpaired) electrons. The Hall–Kier alpha value is -4.81. The number of rotatable bonds is 13. The molecular weight excluding hydrogens is 618 g/mol. The number of amides is 1. The zero-order valence-electron chi connectivity index (χ0n) is 28.0. The number of benzene rings is 2. The van der Waals surface area contributed by atoms with Crippen LogP contribution in [0.3, 0.4) is 0 Å². The topological polar surface area (TPSA) is 155 Å². The SMILES string of the molecule is CC(C)n1cnc(CCNc2nc(NCC(c3ccccc3)c3ccccc3)c3ncn(C4C[C@H](NC(=O)C5CCC5)[C@@H](O)[C@H]4O)c3n2)c1. The van der Waals surface area contributed by atoms with Gasteiger partial charge >= 0.3 is 0 Å². The molecule has 49 heavy (non-hydrogen) atoms. The molecule has 5 aromatic rings. The number of nitrogens with zero attached hydrogens (tertiary/aromatic N) is 6. The Balaban J connectivity index is 1.17. The second-order valence-corrected chi connectivity index (χ2v) is 13.6. The molecule has 1 unspecified atom stereocenters. The molecule has 0 aliphatic heterocycles. The van der Waals surface area contributed by atoms with Gasteiger partial charge in [-0.25, -0.2) is 9.97 Å². The smallest absolute Gasteiger partial charge is 0.226 e. The summed E-state index contributed by atoms with van der Waals surface area (Å²) in [4.78, 5) is 31.8. The summed E-state index contributed by atoms with van der Waals surface area (Å²) in [6.45, 7) is 5.36. The summed E-state index contributed by atoms with van der Waals surface area (Å²) in [5.41, 5.74) is 4.41. The van der Waals surface area contributed by atoms with E-state index < -0.39 is 24.3 Å². The first-order chi connectivity index (χ1) is 23.9. The second kappa shape index (κ2) is 14.4. The van der Waals surface area contributed by atoms with Crippen LogP contribution in [0.4, 0.5) is 11.8 Å². The van der Waals surface area contributed by atoms with Gasteiger partial charge in [-0.2, -0.15) is 9.97 Å². The van der Waals surface area contributed by atoms with Gasteiger partial charge in [-0.15, -0.1) is 0 Å². The lowest BCUT2D eigenvalue weighted by molar-refractivity contribution is -0.129. The molecular formula is C37H45N9O3. The lowest BCUT2D eigenvalue weighted by atomic mass is 9.84. The normalized spacial score (nSPS) is 20.9. The predicted molar refractivity (Wildman–Crippen MR) is 188 cm³/mol. The van der Waals surface area contributed by atoms with Gasteiger partial charge in [0.2, 0.25) is 11.9 Å². The summed E-state index contributed by atoms with van der Waals surface area (Å²) in [7, 11) is 0. The summed E-state index contributed by atoms with van der Waals surface area (Å²) in [6, 6.07) is 20.0. The van der Waals surface area contributed by atoms with Gasteiger partial charge in [0.25, 0.3) is 0 Å². The molecule has 256 valence electrons. The molecule has 2 aliphatic carbocycles. The van der Waals surface area contributed by atoms with Crippen LogP contribution in [0, 0.1) is 5.92 Å². The fourth-order valence-electron chi connectivity index (χ4n) is 6.85. The molecule has 5 N–H and O–H groups in total. The lowest BCUT2D eigenvalue weighted by Gasteiger charge is -2.27. The zero-order valence-corrected chi connectivity index (χ0v) is 28.0. The van der Waals surface area contributed by atoms with Gasteiger partial charge < -0.3 is 35.3 Å². The summed E-state index contributed by atoms with van der Waals surface area (Å²) in [6.07, 6.45) is 7.15. The summed E-state index contributed by atoms with van der Waals surface area (Å²) in [5.74, 6) is 0.966. The number of anilines is 2. The van der Waals surface area contributed by atoms with E-state index in [9.17, 15) is 15.0 Å². The average Bonchev–Trinajstić information content (AvgIpc) is 3.80. The minimum absolute atomic E-state index is 0.0118. The van der Waals surface area contributed by atoms with Crippen molar-refractivity contribution in [2.45, 2.75) is 82.2 Å². The van der Waals surface area contributed by atoms with Gasteiger partial charge in [0, 0.05) is 43.6 Å². The van der Waals surface area contributed by atoms with Crippen LogP contribution in [0.1, 0.15) is 74.4 Å². The molecule has 4 atom stereocenters. The van der Waals surface area contributed by atoms with Crippen LogP contribution in [0.5, 0.6) is 0 Å². The van der Waals surface area contributed by atoms with Crippen molar-refractivity contribution in [2.24, 2.45) is 5.92 Å². The van der Waals surface area contributed by atoms with Crippen LogP contribution >= 0.6 is 0 Å². The number of aliphatic hydroxyl groups excluding tert-OH is 2. The largest absolute Gasteiger partial charge is 0.388 e. The van der Waals surface area contributed by atoms with Crippen LogP contribution in [0.2, 0.25) is 0 Å². The predicted octanol–water partition coefficient (Wildman–Crippen LogP) is 4.45. The van der Waals surface area contributed by atoms with E-state index in [2.05, 4.69) is 69.8 Å². The molecule has 2 aromatic carbocycles. The van der Waals surface area contributed by atoms with E-state index in [-0.39, 0.29) is 17.7 Å². The van der Waals surface area contributed by atoms with Crippen LogP contribution in [-0.4, -0.2) is 76.5 Å². The standard InChI is InChI=1S/C37H45N9O3/c1-23(2)45-20-27(40-21-45)16-17-38-37-43-34(39-19-28(24-10-5-3-6-11-24)25-12-7-4-8-13-25)31-35(44-37)46(22-41-31)30-18-29(32(47)33(30)48)42-36(49)26-14-9-15-26/h3-8,10-13,20-23,26,28-30,32-33,47-48H,9,14-19H2,1-2H3,(H,42,49)(H2,38,39,43,44)/t29-,30?,32+,33-/m0/s1. The Morgan fingerprint density at radius 2 is 1.63 bits per heavy atom. The van der Waals surface area contributed by atoms with Crippen LogP contribution in [0.15, 0.2) is 79.5 Å². The molecule has 1 amide bonds. The van der Waals surface area contributed by atoms with Crippen molar-refractivity contribution in [3.8, 4) is 0 Å². The molecule has 2 saturated carbocycles. The van der Waals surface area contributed by atoms with Crippen LogP contribution in [0.25, 0.3) is 11.2 Å². The third-order valence-electron chi connectivity index (χ3n) is 10.0. The van der Waals surface area contributed by atoms with E-state index in [0.717, 1.165) is 25.0 Å². The van der Waals surface area contributed by atoms with Crippen molar-refractivity contribution in [3.63, 3.8) is 0 Å². The highest BCUT2D eigenvalue weighted by molar-refractivity contribution is 5.84. The number of hydrogen-bond donors (Lipinski definition) is 5. The quantitative estimate of drug-likeness (QED) is 0.123. The summed E-state index contributed by atoms with van der Waals surface area (Å²) in [5, 5.41) is 32.2. The van der Waals surface area contributed by atoms with Crippen molar-refractivity contribution < 1.29 is 15.0 Å². The Bertz CT molecular complexity index is 1820. The van der Waals surface area contributed by atoms with Gasteiger partial charge in [-0.05, 0) is 44.2 Å². The van der Waals surface area contributed by atoms with Crippen molar-refractivity contribution in [2.75, 3.05) is 23.7 Å². The first-order valence-corrected chi connectivity index (χ1v) is 17.4. The Labute approximate surface area is 286 Å². The number of fused-ring (bicyclic) bond motifs is 1. The number of aromatic nitrogens is 6. The fourth-order valence-corrected chi connectivity index (χ4v) is 6.85. The van der Waals surface area contributed by atoms with Crippen molar-refractivity contribution in [1.82, 2.24) is 34.4 Å². The number of nitrogens with one attached hydrogen (secondary N) is 3. The number of carbonyl (C=O) groups excluding carboxylic acids is 1. The van der Waals surface area contributed by atoms with E-state index in [1.54, 1.807) is 6.33 Å². The minimum atomic E-state index is -1.11. The van der Waals surface area contributed by atoms with Crippen LogP contribution in [-0.2, 0) is 11.2 Å². The highest BCUT2D eigenvalue weighted by Crippen LogP contribution is 2.36. The van der Waals surface area contributed by atoms with Gasteiger partial charge in [-0.3, -0.25) is 4.79 Å². The van der Waals surface area contributed by atoms with E-state index in [4.69, 9.17) is 15.0 Å². The first-order valence-electron chi connectivity index (χ1n) is 17.4. The molecule has 0 saturated heterocycles. The third-order valence-corrected chi connectivity index (χ3v) is 10.0. The molecule has 3 aromatic heterocycles. The van der Waals surface area contributed by atoms with E-state index in [1.165, 1.54) is 11.1 Å². The molecule has 12 heteroatoms. The molecule has 2 fully saturated rings.